The third-order valence-electron chi connectivity index (χ3n) is 3.60. The first-order valence-electron chi connectivity index (χ1n) is 7.45. The van der Waals surface area contributed by atoms with Crippen LogP contribution in [0, 0.1) is 13.8 Å². The van der Waals surface area contributed by atoms with Gasteiger partial charge in [-0.2, -0.15) is 0 Å². The minimum absolute atomic E-state index is 0.188. The number of hydrogen-bond acceptors (Lipinski definition) is 7. The molecule has 1 aliphatic rings. The van der Waals surface area contributed by atoms with Crippen molar-refractivity contribution in [2.75, 3.05) is 14.2 Å². The Morgan fingerprint density at radius 3 is 2.44 bits per heavy atom. The van der Waals surface area contributed by atoms with Crippen LogP contribution in [0.3, 0.4) is 0 Å². The van der Waals surface area contributed by atoms with Gasteiger partial charge in [0.25, 0.3) is 5.24 Å². The van der Waals surface area contributed by atoms with E-state index in [0.717, 1.165) is 23.0 Å². The molecule has 1 amide bonds. The minimum atomic E-state index is -0.188. The molecule has 1 aromatic carbocycles. The molecule has 130 valence electrons. The molecule has 0 spiro atoms. The number of carbonyl (C=O) groups is 1. The number of benzene rings is 1. The van der Waals surface area contributed by atoms with Crippen LogP contribution in [-0.2, 0) is 0 Å². The molecule has 25 heavy (non-hydrogen) atoms. The van der Waals surface area contributed by atoms with E-state index in [4.69, 9.17) is 14.0 Å². The second-order valence-electron chi connectivity index (χ2n) is 5.29. The standard InChI is InChI=1S/C17H17N3O4S/c1-9-14(10(2)24-20-9)8-15-16(19-17(21)25-15)18-11-5-12(22-3)7-13(6-11)23-4/h5-8H,1-4H3,(H,18,19,21). The molecule has 8 heteroatoms. The number of hydrogen-bond donors (Lipinski definition) is 1. The molecular formula is C17H17N3O4S. The van der Waals surface area contributed by atoms with E-state index >= 15 is 0 Å². The highest BCUT2D eigenvalue weighted by Gasteiger charge is 2.25. The summed E-state index contributed by atoms with van der Waals surface area (Å²) in [6.07, 6.45) is 1.85. The third kappa shape index (κ3) is 3.69. The fourth-order valence-corrected chi connectivity index (χ4v) is 3.04. The number of carbonyl (C=O) groups excluding carboxylic acids is 1. The molecule has 2 aromatic rings. The number of aliphatic imine (C=N–C) groups is 1. The summed E-state index contributed by atoms with van der Waals surface area (Å²) >= 11 is 1.08. The molecule has 1 saturated heterocycles. The first kappa shape index (κ1) is 17.1. The van der Waals surface area contributed by atoms with Gasteiger partial charge >= 0.3 is 0 Å². The number of aryl methyl sites for hydroxylation is 2. The second kappa shape index (κ2) is 7.02. The van der Waals surface area contributed by atoms with Crippen LogP contribution in [0.5, 0.6) is 11.5 Å². The van der Waals surface area contributed by atoms with E-state index in [1.54, 1.807) is 32.4 Å². The summed E-state index contributed by atoms with van der Waals surface area (Å²) in [7, 11) is 3.14. The highest BCUT2D eigenvalue weighted by atomic mass is 32.2. The summed E-state index contributed by atoms with van der Waals surface area (Å²) in [5.74, 6) is 2.39. The van der Waals surface area contributed by atoms with Crippen molar-refractivity contribution >= 4 is 34.6 Å². The van der Waals surface area contributed by atoms with Crippen molar-refractivity contribution in [3.63, 3.8) is 0 Å². The van der Waals surface area contributed by atoms with Gasteiger partial charge in [-0.25, -0.2) is 4.99 Å². The van der Waals surface area contributed by atoms with E-state index in [0.29, 0.717) is 33.7 Å². The van der Waals surface area contributed by atoms with Gasteiger partial charge in [-0.15, -0.1) is 0 Å². The zero-order valence-electron chi connectivity index (χ0n) is 14.2. The van der Waals surface area contributed by atoms with E-state index in [-0.39, 0.29) is 5.24 Å². The average molecular weight is 359 g/mol. The zero-order chi connectivity index (χ0) is 18.0. The molecule has 0 atom stereocenters. The highest BCUT2D eigenvalue weighted by Crippen LogP contribution is 2.32. The Labute approximate surface area is 149 Å². The average Bonchev–Trinajstić information content (AvgIpc) is 3.10. The van der Waals surface area contributed by atoms with Crippen LogP contribution >= 0.6 is 11.8 Å². The largest absolute Gasteiger partial charge is 0.497 e. The molecule has 7 nitrogen and oxygen atoms in total. The van der Waals surface area contributed by atoms with Crippen LogP contribution in [0.15, 0.2) is 32.6 Å². The number of aromatic nitrogens is 1. The molecule has 0 unspecified atom stereocenters. The van der Waals surface area contributed by atoms with Crippen molar-refractivity contribution < 1.29 is 18.8 Å². The third-order valence-corrected chi connectivity index (χ3v) is 4.42. The summed E-state index contributed by atoms with van der Waals surface area (Å²) in [4.78, 5) is 17.1. The van der Waals surface area contributed by atoms with Crippen molar-refractivity contribution in [2.24, 2.45) is 4.99 Å². The number of ether oxygens (including phenoxy) is 2. The molecule has 1 N–H and O–H groups in total. The van der Waals surface area contributed by atoms with Crippen molar-refractivity contribution in [1.82, 2.24) is 10.5 Å². The van der Waals surface area contributed by atoms with E-state index in [1.807, 2.05) is 19.9 Å². The van der Waals surface area contributed by atoms with E-state index in [2.05, 4.69) is 15.5 Å². The highest BCUT2D eigenvalue weighted by molar-refractivity contribution is 8.18. The molecule has 0 saturated carbocycles. The van der Waals surface area contributed by atoms with Crippen LogP contribution in [0.4, 0.5) is 10.5 Å². The van der Waals surface area contributed by atoms with Gasteiger partial charge < -0.3 is 19.3 Å². The molecule has 0 radical (unpaired) electrons. The maximum absolute atomic E-state index is 11.8. The van der Waals surface area contributed by atoms with Crippen molar-refractivity contribution in [1.29, 1.82) is 0 Å². The quantitative estimate of drug-likeness (QED) is 0.893. The summed E-state index contributed by atoms with van der Waals surface area (Å²) < 4.78 is 15.7. The van der Waals surface area contributed by atoms with Crippen LogP contribution in [0.25, 0.3) is 6.08 Å². The van der Waals surface area contributed by atoms with Crippen molar-refractivity contribution in [3.8, 4) is 11.5 Å². The van der Waals surface area contributed by atoms with Crippen molar-refractivity contribution in [3.05, 3.63) is 40.1 Å². The Balaban J connectivity index is 2.02. The van der Waals surface area contributed by atoms with Crippen LogP contribution < -0.4 is 14.8 Å². The number of nitrogens with zero attached hydrogens (tertiary/aromatic N) is 2. The molecule has 1 aliphatic heterocycles. The topological polar surface area (TPSA) is 86.0 Å². The van der Waals surface area contributed by atoms with Gasteiger partial charge in [0.1, 0.15) is 23.1 Å². The van der Waals surface area contributed by atoms with Crippen LogP contribution in [0.2, 0.25) is 0 Å². The lowest BCUT2D eigenvalue weighted by Crippen LogP contribution is -2.18. The number of thioether (sulfide) groups is 1. The lowest BCUT2D eigenvalue weighted by Gasteiger charge is -2.06. The fraction of sp³-hybridized carbons (Fsp3) is 0.235. The molecule has 0 aliphatic carbocycles. The monoisotopic (exact) mass is 359 g/mol. The summed E-state index contributed by atoms with van der Waals surface area (Å²) in [6.45, 7) is 3.67. The molecule has 3 rings (SSSR count). The summed E-state index contributed by atoms with van der Waals surface area (Å²) in [5, 5.41) is 6.49. The molecular weight excluding hydrogens is 342 g/mol. The predicted molar refractivity (Wildman–Crippen MR) is 96.7 cm³/mol. The summed E-state index contributed by atoms with van der Waals surface area (Å²) in [6, 6.07) is 5.28. The Kier molecular flexibility index (Phi) is 4.80. The predicted octanol–water partition coefficient (Wildman–Crippen LogP) is 3.84. The smallest absolute Gasteiger partial charge is 0.289 e. The maximum atomic E-state index is 11.8. The molecule has 1 fully saturated rings. The lowest BCUT2D eigenvalue weighted by molar-refractivity contribution is 0.265. The zero-order valence-corrected chi connectivity index (χ0v) is 15.1. The van der Waals surface area contributed by atoms with Gasteiger partial charge in [0.05, 0.1) is 30.5 Å². The lowest BCUT2D eigenvalue weighted by atomic mass is 10.2. The molecule has 2 heterocycles. The number of amidine groups is 1. The Hall–Kier alpha value is -2.74. The number of nitrogens with one attached hydrogen (secondary N) is 1. The van der Waals surface area contributed by atoms with Crippen molar-refractivity contribution in [2.45, 2.75) is 13.8 Å². The normalized spacial score (nSPS) is 17.2. The Morgan fingerprint density at radius 1 is 1.20 bits per heavy atom. The van der Waals surface area contributed by atoms with Crippen LogP contribution in [-0.4, -0.2) is 30.5 Å². The number of rotatable bonds is 4. The second-order valence-corrected chi connectivity index (χ2v) is 6.31. The Bertz CT molecular complexity index is 844. The van der Waals surface area contributed by atoms with Gasteiger partial charge in [-0.3, -0.25) is 4.79 Å². The van der Waals surface area contributed by atoms with E-state index < -0.39 is 0 Å². The number of methoxy groups -OCH3 is 2. The first-order chi connectivity index (χ1) is 12.0. The Morgan fingerprint density at radius 2 is 1.88 bits per heavy atom. The molecule has 1 aromatic heterocycles. The molecule has 0 bridgehead atoms. The van der Waals surface area contributed by atoms with Crippen LogP contribution in [0.1, 0.15) is 17.0 Å². The van der Waals surface area contributed by atoms with Gasteiger partial charge in [0.15, 0.2) is 0 Å². The van der Waals surface area contributed by atoms with Gasteiger partial charge in [0, 0.05) is 23.8 Å². The summed E-state index contributed by atoms with van der Waals surface area (Å²) in [5.41, 5.74) is 2.21. The maximum Gasteiger partial charge on any atom is 0.289 e. The van der Waals surface area contributed by atoms with Gasteiger partial charge in [-0.05, 0) is 31.7 Å². The van der Waals surface area contributed by atoms with Gasteiger partial charge in [-0.1, -0.05) is 5.16 Å². The van der Waals surface area contributed by atoms with Gasteiger partial charge in [0.2, 0.25) is 0 Å². The first-order valence-corrected chi connectivity index (χ1v) is 8.27. The number of amides is 1. The SMILES string of the molecule is COc1cc(N=C2NC(=O)SC2=Cc2c(C)noc2C)cc(OC)c1. The minimum Gasteiger partial charge on any atom is -0.497 e. The van der Waals surface area contributed by atoms with E-state index in [1.165, 1.54) is 0 Å². The van der Waals surface area contributed by atoms with E-state index in [9.17, 15) is 4.79 Å². The fourth-order valence-electron chi connectivity index (χ4n) is 2.33.